The van der Waals surface area contributed by atoms with Gasteiger partial charge < -0.3 is 19.5 Å². The summed E-state index contributed by atoms with van der Waals surface area (Å²) in [5.74, 6) is 0.718. The van der Waals surface area contributed by atoms with E-state index in [0.717, 1.165) is 24.4 Å². The van der Waals surface area contributed by atoms with E-state index in [9.17, 15) is 18.4 Å². The van der Waals surface area contributed by atoms with Crippen molar-refractivity contribution in [2.75, 3.05) is 6.54 Å². The summed E-state index contributed by atoms with van der Waals surface area (Å²) in [6.07, 6.45) is 5.18. The second kappa shape index (κ2) is 9.49. The summed E-state index contributed by atoms with van der Waals surface area (Å²) in [6, 6.07) is 5.57. The number of halogens is 2. The molecule has 29 heavy (non-hydrogen) atoms. The fourth-order valence-electron chi connectivity index (χ4n) is 3.40. The lowest BCUT2D eigenvalue weighted by Gasteiger charge is -2.24. The Morgan fingerprint density at radius 1 is 1.34 bits per heavy atom. The summed E-state index contributed by atoms with van der Waals surface area (Å²) in [6.45, 7) is 0.556. The standard InChI is InChI=1S/C20H24F2N4O3/c1-14-23-10-12-25(14)11-2-9-24-19(28)17-7-8-18(27)26(17)13-15-3-5-16(6-4-15)29-20(21)22/h3-6,10,12,17,20H,2,7-9,11,13H2,1H3,(H,24,28)/t17-/m1/s1. The SMILES string of the molecule is Cc1nccn1CCCNC(=O)[C@H]1CCC(=O)N1Cc1ccc(OC(F)F)cc1. The van der Waals surface area contributed by atoms with Crippen LogP contribution in [-0.4, -0.2) is 45.5 Å². The lowest BCUT2D eigenvalue weighted by molar-refractivity contribution is -0.135. The molecule has 1 atom stereocenters. The molecule has 1 aromatic carbocycles. The molecule has 0 aliphatic carbocycles. The maximum Gasteiger partial charge on any atom is 0.387 e. The number of hydrogen-bond acceptors (Lipinski definition) is 4. The summed E-state index contributed by atoms with van der Waals surface area (Å²) < 4.78 is 30.8. The number of benzene rings is 1. The maximum absolute atomic E-state index is 12.6. The average Bonchev–Trinajstić information content (AvgIpc) is 3.26. The summed E-state index contributed by atoms with van der Waals surface area (Å²) in [5, 5.41) is 2.90. The van der Waals surface area contributed by atoms with Crippen molar-refractivity contribution in [3.05, 3.63) is 48.0 Å². The van der Waals surface area contributed by atoms with E-state index in [2.05, 4.69) is 15.0 Å². The molecule has 3 rings (SSSR count). The van der Waals surface area contributed by atoms with Gasteiger partial charge >= 0.3 is 6.61 Å². The first kappa shape index (κ1) is 20.8. The topological polar surface area (TPSA) is 76.5 Å². The van der Waals surface area contributed by atoms with Gasteiger partial charge in [-0.05, 0) is 37.5 Å². The molecule has 1 fully saturated rings. The third kappa shape index (κ3) is 5.52. The molecule has 1 aromatic heterocycles. The van der Waals surface area contributed by atoms with Crippen LogP contribution in [0, 0.1) is 6.92 Å². The van der Waals surface area contributed by atoms with Crippen molar-refractivity contribution < 1.29 is 23.1 Å². The lowest BCUT2D eigenvalue weighted by Crippen LogP contribution is -2.44. The minimum Gasteiger partial charge on any atom is -0.435 e. The number of carbonyl (C=O) groups excluding carboxylic acids is 2. The number of ether oxygens (including phenoxy) is 1. The Bertz CT molecular complexity index is 839. The Morgan fingerprint density at radius 3 is 2.76 bits per heavy atom. The minimum atomic E-state index is -2.88. The van der Waals surface area contributed by atoms with Gasteiger partial charge in [-0.25, -0.2) is 4.98 Å². The number of carbonyl (C=O) groups is 2. The molecule has 0 bridgehead atoms. The van der Waals surface area contributed by atoms with E-state index in [-0.39, 0.29) is 24.1 Å². The molecule has 1 aliphatic heterocycles. The van der Waals surface area contributed by atoms with Crippen molar-refractivity contribution in [3.63, 3.8) is 0 Å². The van der Waals surface area contributed by atoms with E-state index >= 15 is 0 Å². The molecule has 9 heteroatoms. The third-order valence-corrected chi connectivity index (χ3v) is 4.93. The highest BCUT2D eigenvalue weighted by Crippen LogP contribution is 2.23. The largest absolute Gasteiger partial charge is 0.435 e. The van der Waals surface area contributed by atoms with Crippen molar-refractivity contribution in [1.29, 1.82) is 0 Å². The molecule has 7 nitrogen and oxygen atoms in total. The van der Waals surface area contributed by atoms with E-state index in [1.807, 2.05) is 17.7 Å². The number of hydrogen-bond donors (Lipinski definition) is 1. The fourth-order valence-corrected chi connectivity index (χ4v) is 3.40. The van der Waals surface area contributed by atoms with Gasteiger partial charge in [0.05, 0.1) is 0 Å². The second-order valence-corrected chi connectivity index (χ2v) is 6.91. The predicted octanol–water partition coefficient (Wildman–Crippen LogP) is 2.49. The summed E-state index contributed by atoms with van der Waals surface area (Å²) in [4.78, 5) is 30.5. The van der Waals surface area contributed by atoms with E-state index in [0.29, 0.717) is 19.4 Å². The number of imidazole rings is 1. The molecule has 2 heterocycles. The third-order valence-electron chi connectivity index (χ3n) is 4.93. The molecule has 0 unspecified atom stereocenters. The summed E-state index contributed by atoms with van der Waals surface area (Å²) in [5.41, 5.74) is 0.746. The number of likely N-dealkylation sites (tertiary alicyclic amines) is 1. The van der Waals surface area contributed by atoms with Crippen LogP contribution in [-0.2, 0) is 22.7 Å². The molecule has 1 saturated heterocycles. The number of rotatable bonds is 9. The molecule has 1 aliphatic rings. The summed E-state index contributed by atoms with van der Waals surface area (Å²) in [7, 11) is 0. The van der Waals surface area contributed by atoms with Gasteiger partial charge in [0.2, 0.25) is 11.8 Å². The van der Waals surface area contributed by atoms with Gasteiger partial charge in [0, 0.05) is 38.4 Å². The van der Waals surface area contributed by atoms with Gasteiger partial charge in [0.15, 0.2) is 0 Å². The van der Waals surface area contributed by atoms with Crippen LogP contribution in [0.1, 0.15) is 30.7 Å². The Kier molecular flexibility index (Phi) is 6.79. The normalized spacial score (nSPS) is 16.5. The zero-order valence-corrected chi connectivity index (χ0v) is 16.2. The Hall–Kier alpha value is -2.97. The van der Waals surface area contributed by atoms with Crippen molar-refractivity contribution in [1.82, 2.24) is 19.8 Å². The Balaban J connectivity index is 1.51. The molecular weight excluding hydrogens is 382 g/mol. The minimum absolute atomic E-state index is 0.0546. The maximum atomic E-state index is 12.6. The predicted molar refractivity (Wildman–Crippen MR) is 101 cm³/mol. The van der Waals surface area contributed by atoms with Gasteiger partial charge in [0.1, 0.15) is 17.6 Å². The first-order chi connectivity index (χ1) is 13.9. The zero-order valence-electron chi connectivity index (χ0n) is 16.2. The van der Waals surface area contributed by atoms with E-state index in [1.165, 1.54) is 12.1 Å². The highest BCUT2D eigenvalue weighted by molar-refractivity contribution is 5.90. The molecule has 0 spiro atoms. The van der Waals surface area contributed by atoms with Crippen molar-refractivity contribution in [3.8, 4) is 5.75 Å². The highest BCUT2D eigenvalue weighted by atomic mass is 19.3. The number of nitrogens with one attached hydrogen (secondary N) is 1. The van der Waals surface area contributed by atoms with Gasteiger partial charge in [-0.1, -0.05) is 12.1 Å². The van der Waals surface area contributed by atoms with Crippen LogP contribution in [0.4, 0.5) is 8.78 Å². The smallest absolute Gasteiger partial charge is 0.387 e. The van der Waals surface area contributed by atoms with Crippen LogP contribution in [0.25, 0.3) is 0 Å². The van der Waals surface area contributed by atoms with E-state index in [1.54, 1.807) is 23.2 Å². The van der Waals surface area contributed by atoms with Crippen LogP contribution >= 0.6 is 0 Å². The quantitative estimate of drug-likeness (QED) is 0.649. The molecule has 156 valence electrons. The lowest BCUT2D eigenvalue weighted by atomic mass is 10.1. The number of aromatic nitrogens is 2. The van der Waals surface area contributed by atoms with Crippen LogP contribution in [0.3, 0.4) is 0 Å². The van der Waals surface area contributed by atoms with E-state index in [4.69, 9.17) is 0 Å². The number of alkyl halides is 2. The zero-order chi connectivity index (χ0) is 20.8. The van der Waals surface area contributed by atoms with Crippen molar-refractivity contribution in [2.45, 2.75) is 51.9 Å². The van der Waals surface area contributed by atoms with Crippen LogP contribution in [0.15, 0.2) is 36.7 Å². The molecule has 0 radical (unpaired) electrons. The van der Waals surface area contributed by atoms with Crippen LogP contribution < -0.4 is 10.1 Å². The van der Waals surface area contributed by atoms with Gasteiger partial charge in [-0.2, -0.15) is 8.78 Å². The average molecular weight is 406 g/mol. The van der Waals surface area contributed by atoms with Crippen LogP contribution in [0.2, 0.25) is 0 Å². The summed E-state index contributed by atoms with van der Waals surface area (Å²) >= 11 is 0. The first-order valence-electron chi connectivity index (χ1n) is 9.52. The molecule has 2 amide bonds. The van der Waals surface area contributed by atoms with E-state index < -0.39 is 12.7 Å². The first-order valence-corrected chi connectivity index (χ1v) is 9.52. The number of nitrogens with zero attached hydrogens (tertiary/aromatic N) is 3. The van der Waals surface area contributed by atoms with Gasteiger partial charge in [-0.15, -0.1) is 0 Å². The fraction of sp³-hybridized carbons (Fsp3) is 0.450. The van der Waals surface area contributed by atoms with Gasteiger partial charge in [0.25, 0.3) is 0 Å². The van der Waals surface area contributed by atoms with Gasteiger partial charge in [-0.3, -0.25) is 9.59 Å². The molecule has 2 aromatic rings. The number of aryl methyl sites for hydroxylation is 2. The monoisotopic (exact) mass is 406 g/mol. The van der Waals surface area contributed by atoms with Crippen molar-refractivity contribution >= 4 is 11.8 Å². The molecular formula is C20H24F2N4O3. The van der Waals surface area contributed by atoms with Crippen LogP contribution in [0.5, 0.6) is 5.75 Å². The highest BCUT2D eigenvalue weighted by Gasteiger charge is 2.35. The van der Waals surface area contributed by atoms with Crippen molar-refractivity contribution in [2.24, 2.45) is 0 Å². The molecule has 1 N–H and O–H groups in total. The second-order valence-electron chi connectivity index (χ2n) is 6.91. The number of amides is 2. The Labute approximate surface area is 167 Å². The Morgan fingerprint density at radius 2 is 2.10 bits per heavy atom. The molecule has 0 saturated carbocycles.